The Morgan fingerprint density at radius 2 is 1.68 bits per heavy atom. The molecule has 7 heteroatoms. The molecule has 1 atom stereocenters. The minimum atomic E-state index is -0.668. The normalized spacial score (nSPS) is 20.5. The minimum absolute atomic E-state index is 0.0183. The van der Waals surface area contributed by atoms with Crippen molar-refractivity contribution in [2.24, 2.45) is 11.8 Å². The molecular weight excluding hydrogens is 516 g/mol. The van der Waals surface area contributed by atoms with E-state index >= 15 is 0 Å². The highest BCUT2D eigenvalue weighted by Gasteiger charge is 2.36. The molecule has 1 fully saturated rings. The average Bonchev–Trinajstić information content (AvgIpc) is 2.97. The molecule has 1 aliphatic carbocycles. The van der Waals surface area contributed by atoms with E-state index in [1.807, 2.05) is 61.2 Å². The topological polar surface area (TPSA) is 79.3 Å². The maximum atomic E-state index is 13.8. The molecule has 1 unspecified atom stereocenters. The van der Waals surface area contributed by atoms with Gasteiger partial charge in [0.1, 0.15) is 0 Å². The monoisotopic (exact) mass is 556 g/mol. The lowest BCUT2D eigenvalue weighted by Gasteiger charge is -2.38. The Labute approximate surface area is 242 Å². The summed E-state index contributed by atoms with van der Waals surface area (Å²) in [6.45, 7) is 4.86. The first-order valence-corrected chi connectivity index (χ1v) is 14.5. The van der Waals surface area contributed by atoms with Crippen molar-refractivity contribution < 1.29 is 24.2 Å². The fourth-order valence-corrected chi connectivity index (χ4v) is 6.27. The van der Waals surface area contributed by atoms with Crippen LogP contribution in [0.2, 0.25) is 0 Å². The van der Waals surface area contributed by atoms with Gasteiger partial charge in [0.15, 0.2) is 11.5 Å². The summed E-state index contributed by atoms with van der Waals surface area (Å²) in [4.78, 5) is 29.2. The molecule has 7 nitrogen and oxygen atoms in total. The van der Waals surface area contributed by atoms with Crippen molar-refractivity contribution in [1.82, 2.24) is 0 Å². The Kier molecular flexibility index (Phi) is 8.52. The van der Waals surface area contributed by atoms with Crippen LogP contribution in [0.25, 0.3) is 0 Å². The Balaban J connectivity index is 1.43. The summed E-state index contributed by atoms with van der Waals surface area (Å²) in [5.74, 6) is 0.952. The van der Waals surface area contributed by atoms with Crippen molar-refractivity contribution in [3.05, 3.63) is 83.4 Å². The number of rotatable bonds is 9. The zero-order valence-electron chi connectivity index (χ0n) is 24.4. The molecule has 3 aromatic rings. The van der Waals surface area contributed by atoms with E-state index < -0.39 is 5.97 Å². The molecule has 1 heterocycles. The van der Waals surface area contributed by atoms with Crippen LogP contribution in [0.4, 0.5) is 11.4 Å². The highest BCUT2D eigenvalue weighted by Crippen LogP contribution is 2.44. The highest BCUT2D eigenvalue weighted by atomic mass is 16.5. The van der Waals surface area contributed by atoms with Crippen LogP contribution >= 0.6 is 0 Å². The molecule has 0 radical (unpaired) electrons. The molecule has 41 heavy (non-hydrogen) atoms. The number of carbonyl (C=O) groups is 2. The van der Waals surface area contributed by atoms with Crippen LogP contribution in [-0.4, -0.2) is 43.8 Å². The maximum absolute atomic E-state index is 13.8. The second-order valence-corrected chi connectivity index (χ2v) is 11.6. The molecular formula is C34H40N2O5. The summed E-state index contributed by atoms with van der Waals surface area (Å²) >= 11 is 0. The van der Waals surface area contributed by atoms with Crippen molar-refractivity contribution in [1.29, 1.82) is 0 Å². The van der Waals surface area contributed by atoms with Crippen LogP contribution in [-0.2, 0) is 16.0 Å². The fraction of sp³-hybridized carbons (Fsp3) is 0.412. The highest BCUT2D eigenvalue weighted by molar-refractivity contribution is 5.98. The molecule has 1 amide bonds. The summed E-state index contributed by atoms with van der Waals surface area (Å²) in [5, 5.41) is 9.30. The number of anilines is 2. The van der Waals surface area contributed by atoms with Gasteiger partial charge in [-0.05, 0) is 98.5 Å². The van der Waals surface area contributed by atoms with Gasteiger partial charge in [-0.1, -0.05) is 30.3 Å². The van der Waals surface area contributed by atoms with Crippen molar-refractivity contribution >= 4 is 23.3 Å². The first kappa shape index (κ1) is 28.5. The van der Waals surface area contributed by atoms with Gasteiger partial charge in [0.05, 0.1) is 31.6 Å². The number of carbonyl (C=O) groups excluding carboxylic acids is 1. The van der Waals surface area contributed by atoms with Crippen molar-refractivity contribution in [2.45, 2.75) is 58.1 Å². The number of methoxy groups -OCH3 is 1. The Hall–Kier alpha value is -4.00. The Morgan fingerprint density at radius 1 is 1.00 bits per heavy atom. The molecule has 0 saturated heterocycles. The van der Waals surface area contributed by atoms with Gasteiger partial charge in [-0.3, -0.25) is 9.59 Å². The number of fused-ring (bicyclic) bond motifs is 1. The smallest absolute Gasteiger partial charge is 0.306 e. The molecule has 0 aromatic heterocycles. The summed E-state index contributed by atoms with van der Waals surface area (Å²) in [5.41, 5.74) is 4.93. The van der Waals surface area contributed by atoms with Crippen molar-refractivity contribution in [2.75, 3.05) is 30.5 Å². The lowest BCUT2D eigenvalue weighted by molar-refractivity contribution is -0.143. The second kappa shape index (κ2) is 12.2. The molecule has 1 aliphatic heterocycles. The van der Waals surface area contributed by atoms with Gasteiger partial charge in [-0.25, -0.2) is 0 Å². The lowest BCUT2D eigenvalue weighted by Crippen LogP contribution is -2.41. The summed E-state index contributed by atoms with van der Waals surface area (Å²) in [6, 6.07) is 22.0. The van der Waals surface area contributed by atoms with E-state index in [9.17, 15) is 14.7 Å². The number of amides is 1. The number of aliphatic carboxylic acids is 1. The number of benzene rings is 3. The van der Waals surface area contributed by atoms with Crippen LogP contribution in [0.5, 0.6) is 11.5 Å². The van der Waals surface area contributed by atoms with E-state index in [0.717, 1.165) is 60.3 Å². The fourth-order valence-electron chi connectivity index (χ4n) is 6.27. The Bertz CT molecular complexity index is 1360. The van der Waals surface area contributed by atoms with Crippen LogP contribution in [0.15, 0.2) is 66.7 Å². The summed E-state index contributed by atoms with van der Waals surface area (Å²) < 4.78 is 11.7. The molecule has 0 spiro atoms. The number of nitrogens with zero attached hydrogens (tertiary/aromatic N) is 2. The molecule has 5 rings (SSSR count). The Morgan fingerprint density at radius 3 is 2.29 bits per heavy atom. The van der Waals surface area contributed by atoms with Gasteiger partial charge in [0, 0.05) is 25.0 Å². The summed E-state index contributed by atoms with van der Waals surface area (Å²) in [7, 11) is 3.71. The first-order valence-electron chi connectivity index (χ1n) is 14.5. The van der Waals surface area contributed by atoms with Crippen LogP contribution < -0.4 is 19.3 Å². The largest absolute Gasteiger partial charge is 0.493 e. The number of carboxylic acids is 1. The lowest BCUT2D eigenvalue weighted by atomic mass is 9.82. The number of carboxylic acid groups (broad SMARTS) is 1. The predicted molar refractivity (Wildman–Crippen MR) is 161 cm³/mol. The van der Waals surface area contributed by atoms with Crippen LogP contribution in [0.1, 0.15) is 62.3 Å². The third kappa shape index (κ3) is 6.19. The van der Waals surface area contributed by atoms with E-state index in [1.54, 1.807) is 7.11 Å². The van der Waals surface area contributed by atoms with Crippen LogP contribution in [0.3, 0.4) is 0 Å². The minimum Gasteiger partial charge on any atom is -0.493 e. The van der Waals surface area contributed by atoms with Gasteiger partial charge >= 0.3 is 5.97 Å². The SMILES string of the molecule is COc1cc2c(cc1OC(C)C)C(c1ccccc1)N(c1ccc(N(C)CC3CCC(C(=O)O)CC3)cc1)C(=O)C2. The van der Waals surface area contributed by atoms with Gasteiger partial charge in [-0.2, -0.15) is 0 Å². The van der Waals surface area contributed by atoms with Crippen molar-refractivity contribution in [3.8, 4) is 11.5 Å². The van der Waals surface area contributed by atoms with Gasteiger partial charge in [0.2, 0.25) is 5.91 Å². The quantitative estimate of drug-likeness (QED) is 0.325. The van der Waals surface area contributed by atoms with E-state index in [1.165, 1.54) is 0 Å². The van der Waals surface area contributed by atoms with E-state index in [4.69, 9.17) is 9.47 Å². The molecule has 216 valence electrons. The zero-order chi connectivity index (χ0) is 29.1. The van der Waals surface area contributed by atoms with E-state index in [-0.39, 0.29) is 30.4 Å². The molecule has 1 saturated carbocycles. The van der Waals surface area contributed by atoms with E-state index in [2.05, 4.69) is 36.2 Å². The number of hydrogen-bond acceptors (Lipinski definition) is 5. The second-order valence-electron chi connectivity index (χ2n) is 11.6. The molecule has 3 aromatic carbocycles. The van der Waals surface area contributed by atoms with E-state index in [0.29, 0.717) is 17.4 Å². The first-order chi connectivity index (χ1) is 19.7. The maximum Gasteiger partial charge on any atom is 0.306 e. The molecule has 0 bridgehead atoms. The zero-order valence-corrected chi connectivity index (χ0v) is 24.4. The average molecular weight is 557 g/mol. The standard InChI is InChI=1S/C34H40N2O5/c1-22(2)41-31-20-29-26(18-30(31)40-4)19-32(37)36(33(29)24-8-6-5-7-9-24)28-16-14-27(15-17-28)35(3)21-23-10-12-25(13-11-23)34(38)39/h5-9,14-18,20,22-23,25,33H,10-13,19,21H2,1-4H3,(H,38,39). The third-order valence-corrected chi connectivity index (χ3v) is 8.36. The predicted octanol–water partition coefficient (Wildman–Crippen LogP) is 6.49. The summed E-state index contributed by atoms with van der Waals surface area (Å²) in [6.07, 6.45) is 3.64. The van der Waals surface area contributed by atoms with Crippen molar-refractivity contribution in [3.63, 3.8) is 0 Å². The third-order valence-electron chi connectivity index (χ3n) is 8.36. The van der Waals surface area contributed by atoms with Gasteiger partial charge in [0.25, 0.3) is 0 Å². The molecule has 2 aliphatic rings. The van der Waals surface area contributed by atoms with Gasteiger partial charge < -0.3 is 24.4 Å². The number of ether oxygens (including phenoxy) is 2. The number of hydrogen-bond donors (Lipinski definition) is 1. The van der Waals surface area contributed by atoms with Gasteiger partial charge in [-0.15, -0.1) is 0 Å². The van der Waals surface area contributed by atoms with Crippen LogP contribution in [0, 0.1) is 11.8 Å². The molecule has 1 N–H and O–H groups in total.